The Morgan fingerprint density at radius 3 is 2.87 bits per heavy atom. The van der Waals surface area contributed by atoms with E-state index in [-0.39, 0.29) is 5.78 Å². The molecule has 0 unspecified atom stereocenters. The van der Waals surface area contributed by atoms with Gasteiger partial charge in [-0.05, 0) is 17.3 Å². The van der Waals surface area contributed by atoms with Gasteiger partial charge in [0.1, 0.15) is 18.9 Å². The number of carbonyl (C=O) groups excluding carboxylic acids is 1. The lowest BCUT2D eigenvalue weighted by Crippen LogP contribution is -2.23. The first-order valence-corrected chi connectivity index (χ1v) is 8.19. The molecule has 1 saturated heterocycles. The van der Waals surface area contributed by atoms with E-state index in [2.05, 4.69) is 10.6 Å². The van der Waals surface area contributed by atoms with E-state index in [1.54, 1.807) is 29.0 Å². The summed E-state index contributed by atoms with van der Waals surface area (Å²) < 4.78 is 5.10. The van der Waals surface area contributed by atoms with Crippen LogP contribution >= 0.6 is 32.4 Å². The highest BCUT2D eigenvalue weighted by Gasteiger charge is 2.15. The van der Waals surface area contributed by atoms with Crippen molar-refractivity contribution < 1.29 is 4.79 Å². The molecule has 2 heterocycles. The van der Waals surface area contributed by atoms with Crippen LogP contribution in [-0.2, 0) is 4.79 Å². The van der Waals surface area contributed by atoms with Crippen LogP contribution in [0.5, 0.6) is 0 Å². The summed E-state index contributed by atoms with van der Waals surface area (Å²) in [5.74, 6) is 0.855. The van der Waals surface area contributed by atoms with Gasteiger partial charge >= 0.3 is 0 Å². The topological polar surface area (TPSA) is 20.1 Å². The van der Waals surface area contributed by atoms with Gasteiger partial charge in [0.25, 0.3) is 4.67 Å². The van der Waals surface area contributed by atoms with Gasteiger partial charge in [-0.15, -0.1) is 11.8 Å². The molecule has 0 radical (unpaired) electrons. The Balaban J connectivity index is 2.10. The van der Waals surface area contributed by atoms with Gasteiger partial charge in [0, 0.05) is 18.9 Å². The number of rotatable bonds is 3. The SMILES string of the molecule is CC(=O)CSc1cc(=[N+]2CCCC2)ss1. The fraction of sp³-hybridized carbons (Fsp3) is 0.600. The van der Waals surface area contributed by atoms with Gasteiger partial charge in [-0.2, -0.15) is 0 Å². The predicted molar refractivity (Wildman–Crippen MR) is 67.8 cm³/mol. The molecule has 2 nitrogen and oxygen atoms in total. The Kier molecular flexibility index (Phi) is 3.99. The third kappa shape index (κ3) is 3.16. The first-order chi connectivity index (χ1) is 7.25. The molecule has 1 fully saturated rings. The first-order valence-electron chi connectivity index (χ1n) is 5.06. The largest absolute Gasteiger partial charge is 0.299 e. The minimum atomic E-state index is 0.251. The Morgan fingerprint density at radius 1 is 1.47 bits per heavy atom. The van der Waals surface area contributed by atoms with Crippen LogP contribution in [0.1, 0.15) is 19.8 Å². The zero-order chi connectivity index (χ0) is 10.7. The van der Waals surface area contributed by atoms with Crippen LogP contribution in [0.25, 0.3) is 0 Å². The Labute approximate surface area is 101 Å². The lowest BCUT2D eigenvalue weighted by molar-refractivity contribution is -0.114. The zero-order valence-electron chi connectivity index (χ0n) is 8.69. The molecule has 15 heavy (non-hydrogen) atoms. The van der Waals surface area contributed by atoms with Gasteiger partial charge in [-0.3, -0.25) is 4.79 Å². The van der Waals surface area contributed by atoms with Crippen molar-refractivity contribution in [1.29, 1.82) is 0 Å². The molecule has 1 aromatic rings. The van der Waals surface area contributed by atoms with Gasteiger partial charge in [0.2, 0.25) is 0 Å². The molecule has 0 atom stereocenters. The minimum Gasteiger partial charge on any atom is -0.299 e. The Morgan fingerprint density at radius 2 is 2.20 bits per heavy atom. The quantitative estimate of drug-likeness (QED) is 0.471. The summed E-state index contributed by atoms with van der Waals surface area (Å²) >= 11 is 1.66. The van der Waals surface area contributed by atoms with Crippen LogP contribution in [-0.4, -0.2) is 24.6 Å². The molecule has 0 spiro atoms. The second kappa shape index (κ2) is 5.27. The number of thioether (sulfide) groups is 1. The van der Waals surface area contributed by atoms with Crippen molar-refractivity contribution >= 4 is 38.2 Å². The van der Waals surface area contributed by atoms with Crippen molar-refractivity contribution in [3.63, 3.8) is 0 Å². The van der Waals surface area contributed by atoms with Crippen LogP contribution < -0.4 is 9.25 Å². The normalized spacial score (nSPS) is 15.9. The summed E-state index contributed by atoms with van der Waals surface area (Å²) in [4.78, 5) is 10.9. The maximum atomic E-state index is 10.9. The average Bonchev–Trinajstić information content (AvgIpc) is 2.85. The van der Waals surface area contributed by atoms with Crippen LogP contribution in [0.3, 0.4) is 0 Å². The lowest BCUT2D eigenvalue weighted by atomic mass is 10.4. The molecule has 0 saturated carbocycles. The summed E-state index contributed by atoms with van der Waals surface area (Å²) in [6.45, 7) is 4.04. The number of hydrogen-bond donors (Lipinski definition) is 0. The zero-order valence-corrected chi connectivity index (χ0v) is 11.1. The van der Waals surface area contributed by atoms with Gasteiger partial charge in [-0.25, -0.2) is 4.58 Å². The van der Waals surface area contributed by atoms with Crippen LogP contribution in [0.15, 0.2) is 10.3 Å². The number of Topliss-reactive ketones (excluding diaryl/α,β-unsaturated/α-hetero) is 1. The van der Waals surface area contributed by atoms with Crippen molar-refractivity contribution in [2.75, 3.05) is 18.8 Å². The molecule has 1 aliphatic rings. The number of hydrogen-bond acceptors (Lipinski definition) is 4. The van der Waals surface area contributed by atoms with Crippen molar-refractivity contribution in [2.45, 2.75) is 24.0 Å². The van der Waals surface area contributed by atoms with Crippen molar-refractivity contribution in [3.8, 4) is 0 Å². The molecule has 0 N–H and O–H groups in total. The van der Waals surface area contributed by atoms with E-state index in [0.717, 1.165) is 0 Å². The predicted octanol–water partition coefficient (Wildman–Crippen LogP) is 2.06. The Bertz CT molecular complexity index is 410. The van der Waals surface area contributed by atoms with Gasteiger partial charge in [-0.1, -0.05) is 10.3 Å². The van der Waals surface area contributed by atoms with Crippen molar-refractivity contribution in [3.05, 3.63) is 10.7 Å². The second-order valence-corrected chi connectivity index (χ2v) is 7.12. The van der Waals surface area contributed by atoms with E-state index in [4.69, 9.17) is 0 Å². The van der Waals surface area contributed by atoms with Gasteiger partial charge in [0.05, 0.1) is 9.96 Å². The smallest absolute Gasteiger partial charge is 0.268 e. The molecule has 82 valence electrons. The van der Waals surface area contributed by atoms with Crippen molar-refractivity contribution in [2.24, 2.45) is 0 Å². The molecule has 0 bridgehead atoms. The van der Waals surface area contributed by atoms with E-state index in [0.29, 0.717) is 5.75 Å². The molecule has 0 amide bonds. The van der Waals surface area contributed by atoms with E-state index in [1.807, 2.05) is 10.3 Å². The summed E-state index contributed by atoms with van der Waals surface area (Å²) in [5.41, 5.74) is 0. The van der Waals surface area contributed by atoms with Crippen molar-refractivity contribution in [1.82, 2.24) is 4.58 Å². The number of nitrogens with zero attached hydrogens (tertiary/aromatic N) is 1. The Hall–Kier alpha value is -0.130. The molecule has 1 aromatic heterocycles. The van der Waals surface area contributed by atoms with Gasteiger partial charge < -0.3 is 0 Å². The molecule has 0 aliphatic carbocycles. The standard InChI is InChI=1S/C10H14NOS3/c1-8(12)7-13-10-6-9(14-15-10)11-4-2-3-5-11/h6H,2-5,7H2,1H3/q+1. The van der Waals surface area contributed by atoms with E-state index in [1.165, 1.54) is 34.8 Å². The summed E-state index contributed by atoms with van der Waals surface area (Å²) in [6, 6.07) is 2.23. The monoisotopic (exact) mass is 260 g/mol. The molecule has 0 aromatic carbocycles. The molecular weight excluding hydrogens is 246 g/mol. The minimum absolute atomic E-state index is 0.251. The van der Waals surface area contributed by atoms with Crippen LogP contribution in [0.2, 0.25) is 0 Å². The highest BCUT2D eigenvalue weighted by atomic mass is 32.9. The summed E-state index contributed by atoms with van der Waals surface area (Å²) in [6.07, 6.45) is 2.64. The maximum Gasteiger partial charge on any atom is 0.268 e. The lowest BCUT2D eigenvalue weighted by Gasteiger charge is -1.89. The summed E-state index contributed by atoms with van der Waals surface area (Å²) in [5, 5.41) is 0. The number of carbonyl (C=O) groups is 1. The van der Waals surface area contributed by atoms with E-state index in [9.17, 15) is 4.79 Å². The third-order valence-electron chi connectivity index (χ3n) is 2.29. The average molecular weight is 260 g/mol. The fourth-order valence-electron chi connectivity index (χ4n) is 1.55. The highest BCUT2D eigenvalue weighted by Crippen LogP contribution is 2.23. The van der Waals surface area contributed by atoms with E-state index < -0.39 is 0 Å². The van der Waals surface area contributed by atoms with E-state index >= 15 is 0 Å². The fourth-order valence-corrected chi connectivity index (χ4v) is 5.24. The van der Waals surface area contributed by atoms with Crippen LogP contribution in [0.4, 0.5) is 0 Å². The molecule has 2 rings (SSSR count). The van der Waals surface area contributed by atoms with Gasteiger partial charge in [0.15, 0.2) is 0 Å². The molecular formula is C10H14NOS3+. The highest BCUT2D eigenvalue weighted by molar-refractivity contribution is 8.03. The summed E-state index contributed by atoms with van der Waals surface area (Å²) in [7, 11) is 3.62. The molecule has 5 heteroatoms. The molecule has 1 aliphatic heterocycles. The van der Waals surface area contributed by atoms with Crippen LogP contribution in [0, 0.1) is 0 Å². The second-order valence-electron chi connectivity index (χ2n) is 3.65. The number of ketones is 1. The maximum absolute atomic E-state index is 10.9. The first kappa shape index (κ1) is 11.4. The third-order valence-corrected chi connectivity index (χ3v) is 6.37.